The quantitative estimate of drug-likeness (QED) is 0.858. The van der Waals surface area contributed by atoms with Crippen LogP contribution in [-0.4, -0.2) is 25.0 Å². The van der Waals surface area contributed by atoms with E-state index in [1.165, 1.54) is 5.56 Å². The lowest BCUT2D eigenvalue weighted by molar-refractivity contribution is -0.122. The molecule has 1 heterocycles. The fourth-order valence-corrected chi connectivity index (χ4v) is 2.21. The summed E-state index contributed by atoms with van der Waals surface area (Å²) in [4.78, 5) is 12.1. The third kappa shape index (κ3) is 2.73. The Hall–Kier alpha value is -1.19. The molecule has 0 aliphatic carbocycles. The van der Waals surface area contributed by atoms with Gasteiger partial charge in [0.15, 0.2) is 0 Å². The second-order valence-electron chi connectivity index (χ2n) is 4.88. The molecule has 0 amide bonds. The Morgan fingerprint density at radius 3 is 2.82 bits per heavy atom. The van der Waals surface area contributed by atoms with Gasteiger partial charge in [-0.2, -0.15) is 0 Å². The number of nitrogens with two attached hydrogens (primary N) is 1. The lowest BCUT2D eigenvalue weighted by Gasteiger charge is -2.13. The molecule has 2 atom stereocenters. The van der Waals surface area contributed by atoms with Gasteiger partial charge in [0.2, 0.25) is 0 Å². The Bertz CT molecular complexity index is 428. The van der Waals surface area contributed by atoms with Crippen molar-refractivity contribution in [2.45, 2.75) is 26.3 Å². The van der Waals surface area contributed by atoms with Gasteiger partial charge in [0, 0.05) is 12.5 Å². The summed E-state index contributed by atoms with van der Waals surface area (Å²) in [6.07, 6.45) is 0.467. The maximum absolute atomic E-state index is 12.1. The van der Waals surface area contributed by atoms with Crippen molar-refractivity contribution in [3.63, 3.8) is 0 Å². The molecule has 0 aromatic heterocycles. The van der Waals surface area contributed by atoms with Gasteiger partial charge in [-0.3, -0.25) is 4.79 Å². The largest absolute Gasteiger partial charge is 0.379 e. The monoisotopic (exact) mass is 233 g/mol. The predicted molar refractivity (Wildman–Crippen MR) is 66.9 cm³/mol. The minimum atomic E-state index is -0.132. The zero-order valence-corrected chi connectivity index (χ0v) is 10.4. The molecular formula is C14H19NO2. The SMILES string of the molecule is Cc1ccc(C)c(CC(=O)C2COCC2N)c1. The third-order valence-electron chi connectivity index (χ3n) is 3.41. The van der Waals surface area contributed by atoms with Gasteiger partial charge < -0.3 is 10.5 Å². The first-order valence-corrected chi connectivity index (χ1v) is 6.00. The molecule has 0 bridgehead atoms. The van der Waals surface area contributed by atoms with Gasteiger partial charge in [-0.1, -0.05) is 23.8 Å². The van der Waals surface area contributed by atoms with Crippen LogP contribution < -0.4 is 5.73 Å². The number of Topliss-reactive ketones (excluding diaryl/α,β-unsaturated/α-hetero) is 1. The summed E-state index contributed by atoms with van der Waals surface area (Å²) < 4.78 is 5.24. The van der Waals surface area contributed by atoms with Gasteiger partial charge in [0.1, 0.15) is 5.78 Å². The normalized spacial score (nSPS) is 23.9. The average molecular weight is 233 g/mol. The van der Waals surface area contributed by atoms with Gasteiger partial charge in [-0.25, -0.2) is 0 Å². The Morgan fingerprint density at radius 1 is 1.41 bits per heavy atom. The van der Waals surface area contributed by atoms with Crippen LogP contribution in [0.3, 0.4) is 0 Å². The van der Waals surface area contributed by atoms with E-state index in [4.69, 9.17) is 10.5 Å². The molecule has 1 aromatic carbocycles. The van der Waals surface area contributed by atoms with Crippen molar-refractivity contribution in [1.29, 1.82) is 0 Å². The van der Waals surface area contributed by atoms with Crippen molar-refractivity contribution in [3.8, 4) is 0 Å². The van der Waals surface area contributed by atoms with Crippen molar-refractivity contribution >= 4 is 5.78 Å². The Balaban J connectivity index is 2.10. The third-order valence-corrected chi connectivity index (χ3v) is 3.41. The minimum Gasteiger partial charge on any atom is -0.379 e. The van der Waals surface area contributed by atoms with E-state index in [9.17, 15) is 4.79 Å². The van der Waals surface area contributed by atoms with Gasteiger partial charge >= 0.3 is 0 Å². The van der Waals surface area contributed by atoms with Crippen molar-refractivity contribution < 1.29 is 9.53 Å². The number of hydrogen-bond donors (Lipinski definition) is 1. The first-order chi connectivity index (χ1) is 8.08. The number of carbonyl (C=O) groups is 1. The maximum Gasteiger partial charge on any atom is 0.144 e. The standard InChI is InChI=1S/C14H19NO2/c1-9-3-4-10(2)11(5-9)6-14(16)12-7-17-8-13(12)15/h3-5,12-13H,6-8,15H2,1-2H3. The molecule has 2 rings (SSSR count). The second kappa shape index (κ2) is 4.98. The van der Waals surface area contributed by atoms with Crippen molar-refractivity contribution in [3.05, 3.63) is 34.9 Å². The number of benzene rings is 1. The van der Waals surface area contributed by atoms with E-state index in [-0.39, 0.29) is 17.7 Å². The number of ether oxygens (including phenoxy) is 1. The highest BCUT2D eigenvalue weighted by Gasteiger charge is 2.31. The molecular weight excluding hydrogens is 214 g/mol. The molecule has 1 saturated heterocycles. The Labute approximate surface area is 102 Å². The number of ketones is 1. The van der Waals surface area contributed by atoms with Crippen molar-refractivity contribution in [2.24, 2.45) is 11.7 Å². The summed E-state index contributed by atoms with van der Waals surface area (Å²) in [5, 5.41) is 0. The van der Waals surface area contributed by atoms with Gasteiger partial charge in [0.05, 0.1) is 19.1 Å². The molecule has 1 aliphatic rings. The zero-order chi connectivity index (χ0) is 12.4. The number of carbonyl (C=O) groups excluding carboxylic acids is 1. The Kier molecular flexibility index (Phi) is 3.60. The van der Waals surface area contributed by atoms with Crippen LogP contribution in [0.4, 0.5) is 0 Å². The molecule has 3 heteroatoms. The lowest BCUT2D eigenvalue weighted by atomic mass is 9.92. The molecule has 0 saturated carbocycles. The topological polar surface area (TPSA) is 52.3 Å². The molecule has 0 radical (unpaired) electrons. The summed E-state index contributed by atoms with van der Waals surface area (Å²) in [7, 11) is 0. The molecule has 1 aromatic rings. The van der Waals surface area contributed by atoms with Gasteiger partial charge in [-0.15, -0.1) is 0 Å². The summed E-state index contributed by atoms with van der Waals surface area (Å²) in [5.74, 6) is 0.0682. The summed E-state index contributed by atoms with van der Waals surface area (Å²) in [6, 6.07) is 6.07. The van der Waals surface area contributed by atoms with E-state index in [0.29, 0.717) is 19.6 Å². The molecule has 2 unspecified atom stereocenters. The zero-order valence-electron chi connectivity index (χ0n) is 10.4. The molecule has 3 nitrogen and oxygen atoms in total. The molecule has 92 valence electrons. The van der Waals surface area contributed by atoms with Crippen LogP contribution in [0.25, 0.3) is 0 Å². The van der Waals surface area contributed by atoms with E-state index < -0.39 is 0 Å². The minimum absolute atomic E-state index is 0.130. The maximum atomic E-state index is 12.1. The van der Waals surface area contributed by atoms with Crippen LogP contribution in [0.15, 0.2) is 18.2 Å². The smallest absolute Gasteiger partial charge is 0.144 e. The number of aryl methyl sites for hydroxylation is 2. The van der Waals surface area contributed by atoms with Crippen LogP contribution in [0.5, 0.6) is 0 Å². The van der Waals surface area contributed by atoms with Crippen LogP contribution in [0, 0.1) is 19.8 Å². The van der Waals surface area contributed by atoms with Gasteiger partial charge in [0.25, 0.3) is 0 Å². The highest BCUT2D eigenvalue weighted by atomic mass is 16.5. The summed E-state index contributed by atoms with van der Waals surface area (Å²) in [6.45, 7) is 5.05. The average Bonchev–Trinajstić information content (AvgIpc) is 2.70. The van der Waals surface area contributed by atoms with E-state index in [1.807, 2.05) is 13.8 Å². The van der Waals surface area contributed by atoms with Crippen LogP contribution >= 0.6 is 0 Å². The number of rotatable bonds is 3. The van der Waals surface area contributed by atoms with E-state index in [0.717, 1.165) is 11.1 Å². The molecule has 17 heavy (non-hydrogen) atoms. The van der Waals surface area contributed by atoms with E-state index in [1.54, 1.807) is 0 Å². The predicted octanol–water partition coefficient (Wildman–Crippen LogP) is 1.39. The van der Waals surface area contributed by atoms with Crippen molar-refractivity contribution in [1.82, 2.24) is 0 Å². The fourth-order valence-electron chi connectivity index (χ4n) is 2.21. The highest BCUT2D eigenvalue weighted by molar-refractivity contribution is 5.84. The highest BCUT2D eigenvalue weighted by Crippen LogP contribution is 2.18. The van der Waals surface area contributed by atoms with Gasteiger partial charge in [-0.05, 0) is 25.0 Å². The van der Waals surface area contributed by atoms with Crippen LogP contribution in [0.1, 0.15) is 16.7 Å². The van der Waals surface area contributed by atoms with Crippen molar-refractivity contribution in [2.75, 3.05) is 13.2 Å². The lowest BCUT2D eigenvalue weighted by Crippen LogP contribution is -2.35. The fraction of sp³-hybridized carbons (Fsp3) is 0.500. The molecule has 1 fully saturated rings. The first kappa shape index (κ1) is 12.3. The first-order valence-electron chi connectivity index (χ1n) is 6.00. The summed E-state index contributed by atoms with van der Waals surface area (Å²) >= 11 is 0. The molecule has 2 N–H and O–H groups in total. The van der Waals surface area contributed by atoms with Crippen LogP contribution in [-0.2, 0) is 16.0 Å². The van der Waals surface area contributed by atoms with E-state index in [2.05, 4.69) is 18.2 Å². The molecule has 1 aliphatic heterocycles. The Morgan fingerprint density at radius 2 is 2.18 bits per heavy atom. The van der Waals surface area contributed by atoms with Crippen LogP contribution in [0.2, 0.25) is 0 Å². The van der Waals surface area contributed by atoms with E-state index >= 15 is 0 Å². The second-order valence-corrected chi connectivity index (χ2v) is 4.88. The molecule has 0 spiro atoms. The summed E-state index contributed by atoms with van der Waals surface area (Å²) in [5.41, 5.74) is 9.31. The number of hydrogen-bond acceptors (Lipinski definition) is 3.